The van der Waals surface area contributed by atoms with E-state index in [1.165, 1.54) is 6.07 Å². The lowest BCUT2D eigenvalue weighted by molar-refractivity contribution is 0.332. The summed E-state index contributed by atoms with van der Waals surface area (Å²) in [6, 6.07) is -35.0. The van der Waals surface area contributed by atoms with Crippen molar-refractivity contribution in [2.75, 3.05) is 0 Å². The maximum absolute atomic E-state index is 10.9. The third-order valence-corrected chi connectivity index (χ3v) is 17.2. The van der Waals surface area contributed by atoms with Crippen LogP contribution < -0.4 is 20.7 Å². The van der Waals surface area contributed by atoms with Crippen LogP contribution in [0.4, 0.5) is 0 Å². The monoisotopic (exact) mass is 967 g/mol. The van der Waals surface area contributed by atoms with Gasteiger partial charge < -0.3 is 4.57 Å². The lowest BCUT2D eigenvalue weighted by atomic mass is 9.62. The second-order valence-electron chi connectivity index (χ2n) is 18.0. The molecule has 0 fully saturated rings. The lowest BCUT2D eigenvalue weighted by Gasteiger charge is -2.42. The molecular formula is C65H53N5Si. The minimum Gasteiger partial charge on any atom is -0.308 e. The van der Waals surface area contributed by atoms with E-state index in [-0.39, 0.29) is 11.3 Å². The predicted molar refractivity (Wildman–Crippen MR) is 298 cm³/mol. The van der Waals surface area contributed by atoms with Gasteiger partial charge in [0.25, 0.3) is 0 Å². The molecule has 1 aliphatic carbocycles. The van der Waals surface area contributed by atoms with Crippen molar-refractivity contribution in [2.24, 2.45) is 0 Å². The van der Waals surface area contributed by atoms with Crippen molar-refractivity contribution in [3.05, 3.63) is 235 Å². The molecule has 5 nitrogen and oxygen atoms in total. The summed E-state index contributed by atoms with van der Waals surface area (Å²) in [5.74, 6) is -2.81. The van der Waals surface area contributed by atoms with Crippen LogP contribution in [0.25, 0.3) is 78.0 Å². The number of fused-ring (bicyclic) bond motifs is 7. The zero-order valence-electron chi connectivity index (χ0n) is 72.8. The van der Waals surface area contributed by atoms with E-state index in [2.05, 4.69) is 0 Å². The van der Waals surface area contributed by atoms with Crippen LogP contribution in [0.15, 0.2) is 224 Å². The van der Waals surface area contributed by atoms with Gasteiger partial charge in [-0.3, -0.25) is 4.57 Å². The van der Waals surface area contributed by atoms with Crippen LogP contribution in [0.2, 0.25) is 0 Å². The number of hydrogen-bond acceptors (Lipinski definition) is 3. The van der Waals surface area contributed by atoms with E-state index >= 15 is 0 Å². The van der Waals surface area contributed by atoms with Crippen LogP contribution in [0.3, 0.4) is 0 Å². The third-order valence-electron chi connectivity index (χ3n) is 13.2. The van der Waals surface area contributed by atoms with Crippen molar-refractivity contribution in [1.82, 2.24) is 24.1 Å². The third kappa shape index (κ3) is 6.76. The van der Waals surface area contributed by atoms with Gasteiger partial charge in [0.15, 0.2) is 19.7 Å². The second kappa shape index (κ2) is 16.5. The lowest BCUT2D eigenvalue weighted by Crippen LogP contribution is -2.74. The molecule has 0 N–H and O–H groups in total. The van der Waals surface area contributed by atoms with Crippen LogP contribution in [-0.2, 0) is 10.8 Å². The number of rotatable bonds is 8. The van der Waals surface area contributed by atoms with Gasteiger partial charge in [-0.15, -0.1) is 0 Å². The molecular weight excluding hydrogens is 879 g/mol. The molecule has 71 heavy (non-hydrogen) atoms. The number of para-hydroxylation sites is 4. The van der Waals surface area contributed by atoms with Crippen molar-refractivity contribution >= 4 is 72.4 Å². The number of nitrogens with zero attached hydrogens (tertiary/aromatic N) is 5. The average molecular weight is 967 g/mol. The molecule has 12 aromatic rings. The molecule has 0 amide bonds. The number of hydrogen-bond donors (Lipinski definition) is 0. The molecule has 0 aliphatic heterocycles. The van der Waals surface area contributed by atoms with Crippen molar-refractivity contribution in [3.63, 3.8) is 0 Å². The molecule has 3 aromatic heterocycles. The minimum absolute atomic E-state index is 0.260. The fourth-order valence-electron chi connectivity index (χ4n) is 9.65. The van der Waals surface area contributed by atoms with Crippen molar-refractivity contribution in [3.8, 4) is 34.4 Å². The average Bonchev–Trinajstić information content (AvgIpc) is 0.700. The van der Waals surface area contributed by atoms with Gasteiger partial charge in [0, 0.05) is 32.7 Å². The summed E-state index contributed by atoms with van der Waals surface area (Å²) in [4.78, 5) is 14.7. The van der Waals surface area contributed by atoms with Gasteiger partial charge in [-0.25, -0.2) is 4.98 Å². The summed E-state index contributed by atoms with van der Waals surface area (Å²) in [6.45, 7) is 7.52. The molecule has 0 radical (unpaired) electrons. The highest BCUT2D eigenvalue weighted by Crippen LogP contribution is 2.49. The van der Waals surface area contributed by atoms with E-state index < -0.39 is 318 Å². The summed E-state index contributed by atoms with van der Waals surface area (Å²) >= 11 is 0. The van der Waals surface area contributed by atoms with Gasteiger partial charge in [0.1, 0.15) is 0 Å². The number of aromatic nitrogens is 5. The Labute approximate surface area is 465 Å². The maximum atomic E-state index is 10.9. The molecule has 0 saturated heterocycles. The fourth-order valence-corrected chi connectivity index (χ4v) is 13.2. The van der Waals surface area contributed by atoms with E-state index in [0.717, 1.165) is 9.13 Å². The van der Waals surface area contributed by atoms with E-state index in [4.69, 9.17) is 38.3 Å². The highest BCUT2D eigenvalue weighted by Gasteiger charge is 2.42. The Balaban J connectivity index is 1.35. The first-order valence-corrected chi connectivity index (χ1v) is 24.0. The maximum Gasteiger partial charge on any atom is 0.238 e. The van der Waals surface area contributed by atoms with Crippen molar-refractivity contribution in [1.29, 1.82) is 0 Å². The summed E-state index contributed by atoms with van der Waals surface area (Å²) < 4.78 is 331. The first-order chi connectivity index (χ1) is 49.2. The molecule has 1 aliphatic rings. The Morgan fingerprint density at radius 3 is 1.28 bits per heavy atom. The molecule has 9 aromatic carbocycles. The molecule has 342 valence electrons. The summed E-state index contributed by atoms with van der Waals surface area (Å²) in [5.41, 5.74) is -4.64. The molecule has 0 spiro atoms. The normalized spacial score (nSPS) is 21.2. The fraction of sp³-hybridized carbons (Fsp3) is 0.123. The van der Waals surface area contributed by atoms with Crippen LogP contribution in [0, 0.1) is 0 Å². The summed E-state index contributed by atoms with van der Waals surface area (Å²) in [7, 11) is -6.63. The van der Waals surface area contributed by atoms with Crippen LogP contribution in [-0.4, -0.2) is 32.2 Å². The highest BCUT2D eigenvalue weighted by molar-refractivity contribution is 7.19. The SMILES string of the molecule is [2H]c1c([2H])c([2H])c([Si](c2c([2H])c([2H])c([2H])c([2H])c2[2H])(c2c([2H])c([2H])c([2H])c([2H])c2[2H])c2c([2H])c([2H])c([2H])c(-c3nc(-c4cc5c(cc4-n4c6c([2H])c([2H])c([2H])c([2H])c6c6c([2H])c([2H])c([2H])c([2H])c64)C(C)(C)CCC5(C)C)nc(-n4c5c([2H])c([2H])c([2H])c([2H])c5c5c([2H])c([2H])c([2H])c([2H])c54)n3)c2[2H])c([2H])c1[2H]. The largest absolute Gasteiger partial charge is 0.308 e. The zero-order chi connectivity index (χ0) is 78.4. The summed E-state index contributed by atoms with van der Waals surface area (Å²) in [6.07, 6.45) is 0.924. The molecule has 13 rings (SSSR count). The first-order valence-electron chi connectivity index (χ1n) is 39.5. The molecule has 3 heterocycles. The van der Waals surface area contributed by atoms with E-state index in [1.54, 1.807) is 6.07 Å². The highest BCUT2D eigenvalue weighted by atomic mass is 28.3. The Morgan fingerprint density at radius 1 is 0.408 bits per heavy atom. The Kier molecular flexibility index (Phi) is 4.61. The van der Waals surface area contributed by atoms with Gasteiger partial charge >= 0.3 is 0 Å². The predicted octanol–water partition coefficient (Wildman–Crippen LogP) is 13.1. The van der Waals surface area contributed by atoms with Gasteiger partial charge in [0.2, 0.25) is 5.95 Å². The van der Waals surface area contributed by atoms with E-state index in [1.807, 2.05) is 27.7 Å². The molecule has 0 atom stereocenters. The molecule has 0 unspecified atom stereocenters. The topological polar surface area (TPSA) is 48.5 Å². The van der Waals surface area contributed by atoms with Gasteiger partial charge in [-0.2, -0.15) is 9.97 Å². The van der Waals surface area contributed by atoms with Crippen LogP contribution in [0.1, 0.15) is 99.6 Å². The first kappa shape index (κ1) is 19.9. The minimum atomic E-state index is -6.63. The van der Waals surface area contributed by atoms with E-state index in [9.17, 15) is 24.7 Å². The van der Waals surface area contributed by atoms with Gasteiger partial charge in [-0.1, -0.05) is 215 Å². The Morgan fingerprint density at radius 2 is 0.803 bits per heavy atom. The molecule has 6 heteroatoms. The smallest absolute Gasteiger partial charge is 0.238 e. The molecule has 0 bridgehead atoms. The van der Waals surface area contributed by atoms with Crippen LogP contribution >= 0.6 is 0 Å². The van der Waals surface area contributed by atoms with Gasteiger partial charge in [0.05, 0.1) is 75.7 Å². The standard InChI is InChI=1S/C65H53N5Si/c1-64(2)39-40-65(3,4)55-43-60(69-56-35-18-14-31-49(56)50-32-15-19-36-57(50)69)53(42-54(55)64)62-66-61(67-63(68-62)70-58-37-20-16-33-51(58)52-34-17-21-38-59(52)70)44-23-22-30-48(41-44)71(45-24-8-5-9-25-45,46-26-10-6-11-27-46)47-28-12-7-13-29-47/h5-38,41-43H,39-40H2,1-4H3/i5D,6D,7D,8D,9D,10D,11D,12D,13D,14D,15D,16D,17D,18D,19D,20D,21D,22D,23D,24D,25D,26D,27D,28D,29D,30D,31D,32D,33D,34D,35D,36D,37D,38D,41D. The Bertz CT molecular complexity index is 5710. The molecule has 0 saturated carbocycles. The second-order valence-corrected chi connectivity index (χ2v) is 21.5. The van der Waals surface area contributed by atoms with Crippen molar-refractivity contribution in [2.45, 2.75) is 51.4 Å². The van der Waals surface area contributed by atoms with Crippen molar-refractivity contribution < 1.29 is 48.0 Å². The van der Waals surface area contributed by atoms with E-state index in [0.29, 0.717) is 24.0 Å². The van der Waals surface area contributed by atoms with Gasteiger partial charge in [-0.05, 0) is 91.8 Å². The van der Waals surface area contributed by atoms with Crippen LogP contribution in [0.5, 0.6) is 0 Å². The Hall–Kier alpha value is -8.19. The number of benzene rings is 9. The summed E-state index contributed by atoms with van der Waals surface area (Å²) in [5, 5.41) is -6.84. The quantitative estimate of drug-likeness (QED) is 0.113. The zero-order valence-corrected chi connectivity index (χ0v) is 38.8.